The summed E-state index contributed by atoms with van der Waals surface area (Å²) in [5.41, 5.74) is 0.857. The number of aryl methyl sites for hydroxylation is 1. The van der Waals surface area contributed by atoms with E-state index in [4.69, 9.17) is 11.6 Å². The fraction of sp³-hybridized carbons (Fsp3) is 0.500. The number of fused-ring (bicyclic) bond motifs is 1. The van der Waals surface area contributed by atoms with Crippen molar-refractivity contribution >= 4 is 17.4 Å². The summed E-state index contributed by atoms with van der Waals surface area (Å²) in [6, 6.07) is 1.78. The van der Waals surface area contributed by atoms with Gasteiger partial charge in [-0.05, 0) is 18.9 Å². The normalized spacial score (nSPS) is 11.5. The molecule has 0 saturated heterocycles. The lowest BCUT2D eigenvalue weighted by Gasteiger charge is -1.97. The van der Waals surface area contributed by atoms with E-state index in [-0.39, 0.29) is 0 Å². The Labute approximate surface area is 93.3 Å². The summed E-state index contributed by atoms with van der Waals surface area (Å²) in [5.74, 6) is 1.91. The fourth-order valence-corrected chi connectivity index (χ4v) is 1.71. The zero-order valence-electron chi connectivity index (χ0n) is 9.03. The van der Waals surface area contributed by atoms with Crippen molar-refractivity contribution in [3.8, 4) is 0 Å². The van der Waals surface area contributed by atoms with E-state index in [1.165, 1.54) is 0 Å². The second-order valence-electron chi connectivity index (χ2n) is 4.06. The molecule has 0 bridgehead atoms. The zero-order chi connectivity index (χ0) is 11.0. The predicted octanol–water partition coefficient (Wildman–Crippen LogP) is 2.28. The number of aromatic nitrogens is 4. The van der Waals surface area contributed by atoms with Gasteiger partial charge in [-0.25, -0.2) is 4.98 Å². The number of hydrogen-bond donors (Lipinski definition) is 0. The van der Waals surface area contributed by atoms with Crippen molar-refractivity contribution in [2.24, 2.45) is 5.92 Å². The molecule has 0 atom stereocenters. The lowest BCUT2D eigenvalue weighted by Crippen LogP contribution is -1.97. The van der Waals surface area contributed by atoms with Gasteiger partial charge in [-0.3, -0.25) is 0 Å². The summed E-state index contributed by atoms with van der Waals surface area (Å²) < 4.78 is 1.58. The van der Waals surface area contributed by atoms with Crippen LogP contribution >= 0.6 is 11.6 Å². The average molecular weight is 225 g/mol. The molecule has 0 fully saturated rings. The van der Waals surface area contributed by atoms with Crippen molar-refractivity contribution in [3.63, 3.8) is 0 Å². The highest BCUT2D eigenvalue weighted by molar-refractivity contribution is 6.29. The highest BCUT2D eigenvalue weighted by atomic mass is 35.5. The summed E-state index contributed by atoms with van der Waals surface area (Å²) >= 11 is 6.03. The van der Waals surface area contributed by atoms with E-state index in [0.29, 0.717) is 16.8 Å². The molecule has 5 heteroatoms. The maximum atomic E-state index is 6.03. The first-order valence-corrected chi connectivity index (χ1v) is 5.33. The van der Waals surface area contributed by atoms with Gasteiger partial charge in [-0.1, -0.05) is 25.4 Å². The molecule has 0 aliphatic heterocycles. The second-order valence-corrected chi connectivity index (χ2v) is 4.45. The molecule has 0 aromatic carbocycles. The molecule has 0 aliphatic rings. The first-order chi connectivity index (χ1) is 7.06. The lowest BCUT2D eigenvalue weighted by molar-refractivity contribution is 0.620. The van der Waals surface area contributed by atoms with Crippen molar-refractivity contribution in [2.75, 3.05) is 0 Å². The number of halogens is 1. The van der Waals surface area contributed by atoms with E-state index in [0.717, 1.165) is 17.9 Å². The molecule has 2 rings (SSSR count). The van der Waals surface area contributed by atoms with Crippen LogP contribution in [-0.4, -0.2) is 19.6 Å². The molecule has 0 radical (unpaired) electrons. The van der Waals surface area contributed by atoms with E-state index >= 15 is 0 Å². The van der Waals surface area contributed by atoms with Crippen LogP contribution in [0.5, 0.6) is 0 Å². The lowest BCUT2D eigenvalue weighted by atomic mass is 10.1. The minimum absolute atomic E-state index is 0.530. The van der Waals surface area contributed by atoms with Gasteiger partial charge in [-0.2, -0.15) is 9.50 Å². The molecule has 2 aromatic heterocycles. The van der Waals surface area contributed by atoms with Gasteiger partial charge in [0.15, 0.2) is 5.82 Å². The van der Waals surface area contributed by atoms with Crippen molar-refractivity contribution in [2.45, 2.75) is 27.2 Å². The van der Waals surface area contributed by atoms with Crippen molar-refractivity contribution < 1.29 is 0 Å². The molecule has 0 amide bonds. The molecule has 80 valence electrons. The van der Waals surface area contributed by atoms with E-state index in [1.807, 2.05) is 6.92 Å². The summed E-state index contributed by atoms with van der Waals surface area (Å²) in [5, 5.41) is 4.86. The fourth-order valence-electron chi connectivity index (χ4n) is 1.44. The molecule has 2 aromatic rings. The molecule has 2 heterocycles. The largest absolute Gasteiger partial charge is 0.254 e. The molecule has 0 unspecified atom stereocenters. The summed E-state index contributed by atoms with van der Waals surface area (Å²) in [6.45, 7) is 6.15. The topological polar surface area (TPSA) is 43.1 Å². The standard InChI is InChI=1S/C10H13ClN4/c1-6(2)4-9-13-10-12-7(3)5-8(11)15(10)14-9/h5-6H,4H2,1-3H3. The van der Waals surface area contributed by atoms with Gasteiger partial charge in [-0.15, -0.1) is 5.10 Å². The highest BCUT2D eigenvalue weighted by Crippen LogP contribution is 2.12. The van der Waals surface area contributed by atoms with Gasteiger partial charge >= 0.3 is 0 Å². The Morgan fingerprint density at radius 3 is 2.80 bits per heavy atom. The van der Waals surface area contributed by atoms with Gasteiger partial charge in [0.1, 0.15) is 5.15 Å². The van der Waals surface area contributed by atoms with E-state index in [1.54, 1.807) is 10.6 Å². The minimum atomic E-state index is 0.530. The number of rotatable bonds is 2. The van der Waals surface area contributed by atoms with Crippen LogP contribution in [0.15, 0.2) is 6.07 Å². The summed E-state index contributed by atoms with van der Waals surface area (Å²) in [7, 11) is 0. The molecule has 0 N–H and O–H groups in total. The average Bonchev–Trinajstić information content (AvgIpc) is 2.45. The van der Waals surface area contributed by atoms with Crippen LogP contribution in [0.2, 0.25) is 5.15 Å². The molecule has 4 nitrogen and oxygen atoms in total. The van der Waals surface area contributed by atoms with Crippen LogP contribution in [0.1, 0.15) is 25.4 Å². The Balaban J connectivity index is 2.50. The highest BCUT2D eigenvalue weighted by Gasteiger charge is 2.09. The smallest absolute Gasteiger partial charge is 0.216 e. The number of nitrogens with zero attached hydrogens (tertiary/aromatic N) is 4. The Hall–Kier alpha value is -1.16. The van der Waals surface area contributed by atoms with Crippen LogP contribution in [0.25, 0.3) is 5.78 Å². The maximum Gasteiger partial charge on any atom is 0.254 e. The maximum absolute atomic E-state index is 6.03. The van der Waals surface area contributed by atoms with E-state index in [9.17, 15) is 0 Å². The number of hydrogen-bond acceptors (Lipinski definition) is 3. The molecule has 15 heavy (non-hydrogen) atoms. The van der Waals surface area contributed by atoms with Crippen LogP contribution in [0.4, 0.5) is 0 Å². The van der Waals surface area contributed by atoms with Crippen molar-refractivity contribution in [1.82, 2.24) is 19.6 Å². The van der Waals surface area contributed by atoms with Crippen LogP contribution in [0.3, 0.4) is 0 Å². The van der Waals surface area contributed by atoms with Gasteiger partial charge in [0.2, 0.25) is 0 Å². The van der Waals surface area contributed by atoms with Crippen molar-refractivity contribution in [3.05, 3.63) is 22.7 Å². The Bertz CT molecular complexity index is 489. The monoisotopic (exact) mass is 224 g/mol. The first kappa shape index (κ1) is 10.4. The second kappa shape index (κ2) is 3.77. The quantitative estimate of drug-likeness (QED) is 0.736. The van der Waals surface area contributed by atoms with Gasteiger partial charge < -0.3 is 0 Å². The zero-order valence-corrected chi connectivity index (χ0v) is 9.78. The van der Waals surface area contributed by atoms with Gasteiger partial charge in [0, 0.05) is 12.1 Å². The van der Waals surface area contributed by atoms with Gasteiger partial charge in [0.25, 0.3) is 5.78 Å². The summed E-state index contributed by atoms with van der Waals surface area (Å²) in [6.07, 6.45) is 0.846. The minimum Gasteiger partial charge on any atom is -0.216 e. The third-order valence-electron chi connectivity index (χ3n) is 2.03. The van der Waals surface area contributed by atoms with E-state index < -0.39 is 0 Å². The SMILES string of the molecule is Cc1cc(Cl)n2nc(CC(C)C)nc2n1. The summed E-state index contributed by atoms with van der Waals surface area (Å²) in [4.78, 5) is 8.60. The Kier molecular flexibility index (Phi) is 2.61. The van der Waals surface area contributed by atoms with Gasteiger partial charge in [0.05, 0.1) is 0 Å². The Morgan fingerprint density at radius 1 is 1.40 bits per heavy atom. The third-order valence-corrected chi connectivity index (χ3v) is 2.30. The third kappa shape index (κ3) is 2.09. The van der Waals surface area contributed by atoms with Crippen LogP contribution < -0.4 is 0 Å². The Morgan fingerprint density at radius 2 is 2.13 bits per heavy atom. The van der Waals surface area contributed by atoms with E-state index in [2.05, 4.69) is 28.9 Å². The molecular formula is C10H13ClN4. The predicted molar refractivity (Wildman–Crippen MR) is 59.1 cm³/mol. The van der Waals surface area contributed by atoms with Crippen LogP contribution in [-0.2, 0) is 6.42 Å². The molecule has 0 saturated carbocycles. The molecular weight excluding hydrogens is 212 g/mol. The van der Waals surface area contributed by atoms with Crippen molar-refractivity contribution in [1.29, 1.82) is 0 Å². The van der Waals surface area contributed by atoms with Crippen LogP contribution in [0, 0.1) is 12.8 Å². The molecule has 0 aliphatic carbocycles. The molecule has 0 spiro atoms. The first-order valence-electron chi connectivity index (χ1n) is 4.95.